The third kappa shape index (κ3) is 2.35. The summed E-state index contributed by atoms with van der Waals surface area (Å²) in [6.45, 7) is 4.56. The van der Waals surface area contributed by atoms with E-state index in [1.165, 1.54) is 0 Å². The monoisotopic (exact) mass is 205 g/mol. The van der Waals surface area contributed by atoms with E-state index in [1.807, 2.05) is 6.92 Å². The Morgan fingerprint density at radius 2 is 2.23 bits per heavy atom. The van der Waals surface area contributed by atoms with Crippen molar-refractivity contribution in [2.45, 2.75) is 37.7 Å². The maximum Gasteiger partial charge on any atom is 0.240 e. The molecule has 13 heavy (non-hydrogen) atoms. The summed E-state index contributed by atoms with van der Waals surface area (Å²) in [5.41, 5.74) is -0.643. The number of alkyl halides is 1. The molecule has 1 atom stereocenters. The van der Waals surface area contributed by atoms with Gasteiger partial charge < -0.3 is 10.0 Å². The molecule has 1 aliphatic rings. The van der Waals surface area contributed by atoms with Gasteiger partial charge in [0.2, 0.25) is 5.91 Å². The maximum atomic E-state index is 11.3. The third-order valence-electron chi connectivity index (χ3n) is 2.34. The van der Waals surface area contributed by atoms with Crippen LogP contribution in [0.2, 0.25) is 0 Å². The van der Waals surface area contributed by atoms with E-state index in [9.17, 15) is 9.90 Å². The molecule has 0 bridgehead atoms. The Bertz CT molecular complexity index is 200. The second-order valence-corrected chi connectivity index (χ2v) is 4.44. The highest BCUT2D eigenvalue weighted by atomic mass is 35.5. The van der Waals surface area contributed by atoms with Crippen LogP contribution in [0.3, 0.4) is 0 Å². The number of hydrogen-bond acceptors (Lipinski definition) is 2. The van der Waals surface area contributed by atoms with Gasteiger partial charge in [0.1, 0.15) is 5.38 Å². The number of amides is 1. The molecule has 1 amide bonds. The van der Waals surface area contributed by atoms with E-state index >= 15 is 0 Å². The highest BCUT2D eigenvalue weighted by molar-refractivity contribution is 6.30. The largest absolute Gasteiger partial charge is 0.386 e. The predicted octanol–water partition coefficient (Wildman–Crippen LogP) is 0.987. The van der Waals surface area contributed by atoms with E-state index in [0.717, 1.165) is 12.8 Å². The quantitative estimate of drug-likeness (QED) is 0.699. The molecule has 0 radical (unpaired) electrons. The highest BCUT2D eigenvalue weighted by Gasteiger charge is 2.43. The molecule has 1 unspecified atom stereocenters. The Labute approximate surface area is 83.7 Å². The summed E-state index contributed by atoms with van der Waals surface area (Å²) in [7, 11) is 0. The van der Waals surface area contributed by atoms with Crippen molar-refractivity contribution in [3.8, 4) is 0 Å². The summed E-state index contributed by atoms with van der Waals surface area (Å²) in [6, 6.07) is 0. The zero-order chi connectivity index (χ0) is 10.1. The van der Waals surface area contributed by atoms with Gasteiger partial charge >= 0.3 is 0 Å². The molecule has 76 valence electrons. The van der Waals surface area contributed by atoms with Gasteiger partial charge in [-0.2, -0.15) is 0 Å². The molecule has 1 aliphatic heterocycles. The summed E-state index contributed by atoms with van der Waals surface area (Å²) in [6.07, 6.45) is 1.70. The van der Waals surface area contributed by atoms with Crippen LogP contribution in [0.15, 0.2) is 0 Å². The van der Waals surface area contributed by atoms with Crippen LogP contribution in [0.25, 0.3) is 0 Å². The zero-order valence-electron chi connectivity index (χ0n) is 8.09. The van der Waals surface area contributed by atoms with Gasteiger partial charge in [0.05, 0.1) is 18.7 Å². The van der Waals surface area contributed by atoms with Gasteiger partial charge in [-0.1, -0.05) is 13.3 Å². The molecule has 1 fully saturated rings. The molecule has 4 heteroatoms. The first-order chi connectivity index (χ1) is 5.98. The van der Waals surface area contributed by atoms with Crippen LogP contribution in [-0.2, 0) is 4.79 Å². The number of hydrogen-bond donors (Lipinski definition) is 1. The van der Waals surface area contributed by atoms with Crippen LogP contribution < -0.4 is 0 Å². The molecule has 1 saturated heterocycles. The van der Waals surface area contributed by atoms with Crippen LogP contribution in [-0.4, -0.2) is 40.0 Å². The van der Waals surface area contributed by atoms with Crippen LogP contribution in [0.4, 0.5) is 0 Å². The average Bonchev–Trinajstić information content (AvgIpc) is 1.99. The molecule has 0 spiro atoms. The van der Waals surface area contributed by atoms with Crippen molar-refractivity contribution in [1.82, 2.24) is 4.90 Å². The van der Waals surface area contributed by atoms with Crippen molar-refractivity contribution in [3.63, 3.8) is 0 Å². The van der Waals surface area contributed by atoms with Crippen molar-refractivity contribution in [3.05, 3.63) is 0 Å². The first-order valence-corrected chi connectivity index (χ1v) is 5.07. The normalized spacial score (nSPS) is 22.3. The average molecular weight is 206 g/mol. The minimum atomic E-state index is -0.643. The van der Waals surface area contributed by atoms with E-state index in [0.29, 0.717) is 13.1 Å². The van der Waals surface area contributed by atoms with Crippen LogP contribution in [0.1, 0.15) is 26.7 Å². The van der Waals surface area contributed by atoms with Crippen molar-refractivity contribution >= 4 is 17.5 Å². The number of carbonyl (C=O) groups excluding carboxylic acids is 1. The molecule has 0 aromatic heterocycles. The minimum absolute atomic E-state index is 0.0811. The number of aliphatic hydroxyl groups is 1. The molecule has 1 heterocycles. The first-order valence-electron chi connectivity index (χ1n) is 4.64. The lowest BCUT2D eigenvalue weighted by molar-refractivity contribution is -0.155. The molecular weight excluding hydrogens is 190 g/mol. The first kappa shape index (κ1) is 10.8. The fourth-order valence-electron chi connectivity index (χ4n) is 1.70. The fourth-order valence-corrected chi connectivity index (χ4v) is 1.83. The Morgan fingerprint density at radius 1 is 1.69 bits per heavy atom. The van der Waals surface area contributed by atoms with Crippen LogP contribution in [0.5, 0.6) is 0 Å². The van der Waals surface area contributed by atoms with E-state index in [1.54, 1.807) is 11.8 Å². The van der Waals surface area contributed by atoms with Gasteiger partial charge in [0, 0.05) is 0 Å². The molecule has 0 aliphatic carbocycles. The Balaban J connectivity index is 2.36. The van der Waals surface area contributed by atoms with Crippen molar-refractivity contribution in [2.75, 3.05) is 13.1 Å². The van der Waals surface area contributed by atoms with Gasteiger partial charge in [-0.25, -0.2) is 0 Å². The second kappa shape index (κ2) is 3.84. The van der Waals surface area contributed by atoms with Crippen molar-refractivity contribution in [2.24, 2.45) is 0 Å². The van der Waals surface area contributed by atoms with Gasteiger partial charge in [-0.3, -0.25) is 4.79 Å². The van der Waals surface area contributed by atoms with Gasteiger partial charge in [-0.15, -0.1) is 11.6 Å². The fraction of sp³-hybridized carbons (Fsp3) is 0.889. The summed E-state index contributed by atoms with van der Waals surface area (Å²) in [5, 5.41) is 9.29. The van der Waals surface area contributed by atoms with Gasteiger partial charge in [0.25, 0.3) is 0 Å². The summed E-state index contributed by atoms with van der Waals surface area (Å²) in [5.74, 6) is -0.0811. The SMILES string of the molecule is CCCC1(O)CN(C(=O)C(C)Cl)C1. The van der Waals surface area contributed by atoms with Crippen LogP contribution in [0, 0.1) is 0 Å². The smallest absolute Gasteiger partial charge is 0.240 e. The Kier molecular flexibility index (Phi) is 3.19. The predicted molar refractivity (Wildman–Crippen MR) is 51.8 cm³/mol. The number of rotatable bonds is 3. The number of nitrogens with zero attached hydrogens (tertiary/aromatic N) is 1. The lowest BCUT2D eigenvalue weighted by Gasteiger charge is -2.47. The molecule has 3 nitrogen and oxygen atoms in total. The number of carbonyl (C=O) groups is 1. The molecule has 0 aromatic rings. The molecule has 0 saturated carbocycles. The topological polar surface area (TPSA) is 40.5 Å². The molecule has 0 aromatic carbocycles. The lowest BCUT2D eigenvalue weighted by Crippen LogP contribution is -2.64. The standard InChI is InChI=1S/C9H16ClNO2/c1-3-4-9(13)5-11(6-9)8(12)7(2)10/h7,13H,3-6H2,1-2H3. The lowest BCUT2D eigenvalue weighted by atomic mass is 9.89. The Morgan fingerprint density at radius 3 is 2.62 bits per heavy atom. The summed E-state index contributed by atoms with van der Waals surface area (Å²) < 4.78 is 0. The number of β-amino-alcohol motifs (C(OH)–C–C–N with tert-alkyl or cyclic N) is 1. The Hall–Kier alpha value is -0.280. The minimum Gasteiger partial charge on any atom is -0.386 e. The summed E-state index contributed by atoms with van der Waals surface area (Å²) >= 11 is 5.63. The van der Waals surface area contributed by atoms with E-state index in [4.69, 9.17) is 11.6 Å². The second-order valence-electron chi connectivity index (χ2n) is 3.78. The number of halogens is 1. The highest BCUT2D eigenvalue weighted by Crippen LogP contribution is 2.26. The molecule has 1 rings (SSSR count). The maximum absolute atomic E-state index is 11.3. The van der Waals surface area contributed by atoms with Crippen molar-refractivity contribution in [1.29, 1.82) is 0 Å². The number of likely N-dealkylation sites (tertiary alicyclic amines) is 1. The third-order valence-corrected chi connectivity index (χ3v) is 2.52. The molecule has 1 N–H and O–H groups in total. The summed E-state index contributed by atoms with van der Waals surface area (Å²) in [4.78, 5) is 12.9. The van der Waals surface area contributed by atoms with E-state index in [-0.39, 0.29) is 5.91 Å². The van der Waals surface area contributed by atoms with Crippen LogP contribution >= 0.6 is 11.6 Å². The zero-order valence-corrected chi connectivity index (χ0v) is 8.84. The van der Waals surface area contributed by atoms with Gasteiger partial charge in [-0.05, 0) is 13.3 Å². The van der Waals surface area contributed by atoms with E-state index in [2.05, 4.69) is 0 Å². The molecular formula is C9H16ClNO2. The van der Waals surface area contributed by atoms with Gasteiger partial charge in [0.15, 0.2) is 0 Å². The van der Waals surface area contributed by atoms with Crippen molar-refractivity contribution < 1.29 is 9.90 Å². The van der Waals surface area contributed by atoms with E-state index < -0.39 is 11.0 Å².